The summed E-state index contributed by atoms with van der Waals surface area (Å²) in [4.78, 5) is 4.62. The molecule has 1 aromatic carbocycles. The number of hydrogen-bond donors (Lipinski definition) is 1. The second-order valence-electron chi connectivity index (χ2n) is 6.70. The second kappa shape index (κ2) is 7.68. The third kappa shape index (κ3) is 3.57. The van der Waals surface area contributed by atoms with Crippen LogP contribution in [-0.4, -0.2) is 40.5 Å². The Balaban J connectivity index is 1.51. The minimum Gasteiger partial charge on any atom is -0.376 e. The predicted octanol–water partition coefficient (Wildman–Crippen LogP) is 3.67. The van der Waals surface area contributed by atoms with Crippen molar-refractivity contribution in [3.63, 3.8) is 0 Å². The normalized spacial score (nSPS) is 21.7. The maximum atomic E-state index is 5.63. The summed E-state index contributed by atoms with van der Waals surface area (Å²) in [6.45, 7) is 5.89. The summed E-state index contributed by atoms with van der Waals surface area (Å²) in [7, 11) is 0. The number of rotatable bonds is 4. The van der Waals surface area contributed by atoms with Crippen LogP contribution in [0, 0.1) is 13.8 Å². The molecule has 26 heavy (non-hydrogen) atoms. The van der Waals surface area contributed by atoms with E-state index in [1.807, 2.05) is 6.07 Å². The molecule has 0 aliphatic carbocycles. The van der Waals surface area contributed by atoms with Gasteiger partial charge in [0.05, 0.1) is 18.4 Å². The molecule has 6 heteroatoms. The minimum atomic E-state index is 0.278. The molecule has 2 aliphatic heterocycles. The Kier molecular flexibility index (Phi) is 5.13. The molecule has 0 amide bonds. The monoisotopic (exact) mass is 368 g/mol. The Morgan fingerprint density at radius 1 is 1.31 bits per heavy atom. The Bertz CT molecular complexity index is 835. The molecule has 0 saturated carbocycles. The quantitative estimate of drug-likeness (QED) is 0.896. The zero-order valence-electron chi connectivity index (χ0n) is 15.2. The number of hydrazone groups is 1. The lowest BCUT2D eigenvalue weighted by Crippen LogP contribution is -2.26. The summed E-state index contributed by atoms with van der Waals surface area (Å²) in [5, 5.41) is 5.49. The Labute approximate surface area is 158 Å². The molecule has 0 bridgehead atoms. The van der Waals surface area contributed by atoms with Gasteiger partial charge in [-0.25, -0.2) is 0 Å². The van der Waals surface area contributed by atoms with Crippen LogP contribution in [0.4, 0.5) is 0 Å². The van der Waals surface area contributed by atoms with Gasteiger partial charge in [-0.05, 0) is 44.9 Å². The molecule has 0 spiro atoms. The van der Waals surface area contributed by atoms with Crippen molar-refractivity contribution in [2.24, 2.45) is 10.1 Å². The molecule has 1 aromatic heterocycles. The fourth-order valence-electron chi connectivity index (χ4n) is 3.54. The van der Waals surface area contributed by atoms with Crippen LogP contribution in [0.2, 0.25) is 0 Å². The molecule has 4 rings (SSSR count). The lowest BCUT2D eigenvalue weighted by atomic mass is 10.1. The van der Waals surface area contributed by atoms with Crippen LogP contribution in [0.3, 0.4) is 0 Å². The fourth-order valence-corrected chi connectivity index (χ4v) is 4.31. The molecular formula is C20H24N4OS. The van der Waals surface area contributed by atoms with Gasteiger partial charge in [0.15, 0.2) is 5.17 Å². The Hall–Kier alpha value is -2.05. The van der Waals surface area contributed by atoms with Gasteiger partial charge in [0.1, 0.15) is 0 Å². The van der Waals surface area contributed by atoms with Crippen LogP contribution < -0.4 is 5.43 Å². The number of hydrogen-bond acceptors (Lipinski definition) is 4. The Morgan fingerprint density at radius 3 is 2.85 bits per heavy atom. The van der Waals surface area contributed by atoms with Crippen molar-refractivity contribution in [1.82, 2.24) is 9.99 Å². The summed E-state index contributed by atoms with van der Waals surface area (Å²) < 4.78 is 7.91. The lowest BCUT2D eigenvalue weighted by Gasteiger charge is -2.16. The molecule has 0 radical (unpaired) electrons. The molecule has 2 aromatic rings. The molecule has 1 fully saturated rings. The molecule has 2 aliphatic rings. The SMILES string of the molecule is Cc1cc(C2=NNC(=NC[C@@H]3CCCO3)SC2)c(C)n1-c1ccccc1. The van der Waals surface area contributed by atoms with E-state index in [2.05, 4.69) is 64.3 Å². The third-order valence-electron chi connectivity index (χ3n) is 4.85. The van der Waals surface area contributed by atoms with E-state index in [1.54, 1.807) is 11.8 Å². The first-order chi connectivity index (χ1) is 12.7. The molecule has 136 valence electrons. The minimum absolute atomic E-state index is 0.278. The zero-order valence-corrected chi connectivity index (χ0v) is 16.1. The average Bonchev–Trinajstić information content (AvgIpc) is 3.29. The van der Waals surface area contributed by atoms with E-state index in [9.17, 15) is 0 Å². The standard InChI is InChI=1S/C20H24N4OS/c1-14-11-18(15(2)24(14)16-7-4-3-5-8-16)19-13-26-20(23-22-19)21-12-17-9-6-10-25-17/h3-5,7-8,11,17H,6,9-10,12-13H2,1-2H3,(H,21,23)/t17-/m0/s1. The number of nitrogens with one attached hydrogen (secondary N) is 1. The number of thioether (sulfide) groups is 1. The van der Waals surface area contributed by atoms with Gasteiger partial charge < -0.3 is 9.30 Å². The van der Waals surface area contributed by atoms with Gasteiger partial charge in [0.25, 0.3) is 0 Å². The maximum absolute atomic E-state index is 5.63. The first-order valence-corrected chi connectivity index (χ1v) is 10.1. The summed E-state index contributed by atoms with van der Waals surface area (Å²) in [6, 6.07) is 12.7. The molecule has 1 N–H and O–H groups in total. The van der Waals surface area contributed by atoms with Gasteiger partial charge in [-0.3, -0.25) is 10.4 Å². The fraction of sp³-hybridized carbons (Fsp3) is 0.400. The molecule has 0 unspecified atom stereocenters. The van der Waals surface area contributed by atoms with Crippen LogP contribution >= 0.6 is 11.8 Å². The lowest BCUT2D eigenvalue weighted by molar-refractivity contribution is 0.118. The Morgan fingerprint density at radius 2 is 2.15 bits per heavy atom. The number of aromatic nitrogens is 1. The molecule has 1 saturated heterocycles. The average molecular weight is 369 g/mol. The van der Waals surface area contributed by atoms with E-state index in [0.29, 0.717) is 0 Å². The molecule has 1 atom stereocenters. The van der Waals surface area contributed by atoms with Crippen molar-refractivity contribution in [2.75, 3.05) is 18.9 Å². The predicted molar refractivity (Wildman–Crippen MR) is 109 cm³/mol. The van der Waals surface area contributed by atoms with Crippen molar-refractivity contribution in [1.29, 1.82) is 0 Å². The van der Waals surface area contributed by atoms with E-state index < -0.39 is 0 Å². The van der Waals surface area contributed by atoms with E-state index in [1.165, 1.54) is 22.6 Å². The van der Waals surface area contributed by atoms with Crippen LogP contribution in [-0.2, 0) is 4.74 Å². The third-order valence-corrected chi connectivity index (χ3v) is 5.76. The van der Waals surface area contributed by atoms with E-state index in [-0.39, 0.29) is 6.10 Å². The molecular weight excluding hydrogens is 344 g/mol. The van der Waals surface area contributed by atoms with Gasteiger partial charge in [0, 0.05) is 35.0 Å². The number of amidine groups is 1. The van der Waals surface area contributed by atoms with Crippen molar-refractivity contribution in [3.05, 3.63) is 53.3 Å². The van der Waals surface area contributed by atoms with Gasteiger partial charge in [-0.1, -0.05) is 30.0 Å². The summed E-state index contributed by atoms with van der Waals surface area (Å²) in [6.07, 6.45) is 2.54. The largest absolute Gasteiger partial charge is 0.376 e. The van der Waals surface area contributed by atoms with Crippen molar-refractivity contribution >= 4 is 22.6 Å². The number of nitrogens with zero attached hydrogens (tertiary/aromatic N) is 3. The number of aliphatic imine (C=N–C) groups is 1. The number of benzene rings is 1. The van der Waals surface area contributed by atoms with Gasteiger partial charge in [-0.15, -0.1) is 0 Å². The van der Waals surface area contributed by atoms with Crippen LogP contribution in [0.25, 0.3) is 5.69 Å². The molecule has 5 nitrogen and oxygen atoms in total. The van der Waals surface area contributed by atoms with Crippen molar-refractivity contribution < 1.29 is 4.74 Å². The first kappa shape index (κ1) is 17.4. The van der Waals surface area contributed by atoms with Gasteiger partial charge in [-0.2, -0.15) is 5.10 Å². The van der Waals surface area contributed by atoms with Crippen LogP contribution in [0.1, 0.15) is 29.8 Å². The zero-order chi connectivity index (χ0) is 17.9. The van der Waals surface area contributed by atoms with E-state index >= 15 is 0 Å². The first-order valence-electron chi connectivity index (χ1n) is 9.08. The summed E-state index contributed by atoms with van der Waals surface area (Å²) >= 11 is 1.71. The number of ether oxygens (including phenoxy) is 1. The highest BCUT2D eigenvalue weighted by Crippen LogP contribution is 2.24. The smallest absolute Gasteiger partial charge is 0.177 e. The molecule has 3 heterocycles. The second-order valence-corrected chi connectivity index (χ2v) is 7.66. The highest BCUT2D eigenvalue weighted by atomic mass is 32.2. The number of aryl methyl sites for hydroxylation is 1. The topological polar surface area (TPSA) is 50.9 Å². The number of para-hydroxylation sites is 1. The van der Waals surface area contributed by atoms with Crippen molar-refractivity contribution in [2.45, 2.75) is 32.8 Å². The van der Waals surface area contributed by atoms with Crippen molar-refractivity contribution in [3.8, 4) is 5.69 Å². The van der Waals surface area contributed by atoms with E-state index in [4.69, 9.17) is 4.74 Å². The highest BCUT2D eigenvalue weighted by molar-refractivity contribution is 8.14. The maximum Gasteiger partial charge on any atom is 0.177 e. The van der Waals surface area contributed by atoms with Gasteiger partial charge in [0.2, 0.25) is 0 Å². The van der Waals surface area contributed by atoms with Crippen LogP contribution in [0.15, 0.2) is 46.5 Å². The highest BCUT2D eigenvalue weighted by Gasteiger charge is 2.20. The van der Waals surface area contributed by atoms with Gasteiger partial charge >= 0.3 is 0 Å². The summed E-state index contributed by atoms with van der Waals surface area (Å²) in [5.74, 6) is 0.830. The summed E-state index contributed by atoms with van der Waals surface area (Å²) in [5.41, 5.74) is 9.01. The van der Waals surface area contributed by atoms with E-state index in [0.717, 1.165) is 42.6 Å². The van der Waals surface area contributed by atoms with Crippen LogP contribution in [0.5, 0.6) is 0 Å².